The van der Waals surface area contributed by atoms with Crippen LogP contribution in [0.25, 0.3) is 0 Å². The molecule has 9 rings (SSSR count). The Morgan fingerprint density at radius 2 is 0.491 bits per heavy atom. The molecule has 8 aromatic carbocycles. The Kier molecular flexibility index (Phi) is 40.8. The first-order valence-electron chi connectivity index (χ1n) is 34.8. The van der Waals surface area contributed by atoms with Gasteiger partial charge in [0.25, 0.3) is 0 Å². The topological polar surface area (TPSA) is 241 Å². The molecule has 574 valence electrons. The summed E-state index contributed by atoms with van der Waals surface area (Å²) in [5.74, 6) is -1.48. The molecule has 0 unspecified atom stereocenters. The molecule has 0 saturated carbocycles. The summed E-state index contributed by atoms with van der Waals surface area (Å²) in [5, 5.41) is -1.37. The lowest BCUT2D eigenvalue weighted by Gasteiger charge is -2.32. The highest BCUT2D eigenvalue weighted by atomic mass is 79.9. The summed E-state index contributed by atoms with van der Waals surface area (Å²) >= 11 is 2.99. The van der Waals surface area contributed by atoms with E-state index in [1.165, 1.54) is 0 Å². The molecule has 0 spiro atoms. The molecule has 1 heterocycles. The number of halogens is 1. The number of carbonyl (C=O) groups excluding carboxylic acids is 2. The maximum atomic E-state index is 15.0. The number of esters is 2. The van der Waals surface area contributed by atoms with Crippen molar-refractivity contribution < 1.29 is 97.2 Å². The van der Waals surface area contributed by atoms with Crippen LogP contribution in [0.4, 0.5) is 0 Å². The average molecular weight is 1600 g/mol. The Bertz CT molecular complexity index is 3410. The average Bonchev–Trinajstić information content (AvgIpc) is 0.777. The zero-order valence-electron chi connectivity index (χ0n) is 61.3. The zero-order chi connectivity index (χ0) is 76.1. The molecule has 1 aliphatic rings. The summed E-state index contributed by atoms with van der Waals surface area (Å²) < 4.78 is 143. The van der Waals surface area contributed by atoms with Gasteiger partial charge in [-0.3, -0.25) is 27.8 Å². The molecule has 106 heavy (non-hydrogen) atoms. The van der Waals surface area contributed by atoms with Crippen LogP contribution in [0.5, 0.6) is 0 Å². The van der Waals surface area contributed by atoms with Gasteiger partial charge >= 0.3 is 42.3 Å². The maximum Gasteiger partial charge on any atom is 0.347 e. The molecule has 0 N–H and O–H groups in total. The van der Waals surface area contributed by atoms with E-state index in [2.05, 4.69) is 15.9 Å². The van der Waals surface area contributed by atoms with Gasteiger partial charge in [0, 0.05) is 0 Å². The van der Waals surface area contributed by atoms with Crippen molar-refractivity contribution in [2.75, 3.05) is 77.3 Å². The van der Waals surface area contributed by atoms with E-state index in [1.54, 1.807) is 20.8 Å². The molecule has 8 aromatic rings. The van der Waals surface area contributed by atoms with Crippen LogP contribution in [0, 0.1) is 0 Å². The first-order chi connectivity index (χ1) is 51.0. The van der Waals surface area contributed by atoms with Crippen molar-refractivity contribution >= 4 is 58.3 Å². The third-order valence-electron chi connectivity index (χ3n) is 14.3. The number of hydrogen-bond acceptors (Lipinski definition) is 21. The van der Waals surface area contributed by atoms with Gasteiger partial charge in [0.05, 0.1) is 125 Å². The Hall–Kier alpha value is -6.42. The summed E-state index contributed by atoms with van der Waals surface area (Å²) in [6, 6.07) is 73.8. The number of hydrogen-bond donors (Lipinski definition) is 0. The van der Waals surface area contributed by atoms with Crippen LogP contribution < -0.4 is 0 Å². The number of ether oxygens (including phenoxy) is 7. The van der Waals surface area contributed by atoms with Gasteiger partial charge in [-0.25, -0.2) is 0 Å². The van der Waals surface area contributed by atoms with E-state index in [-0.39, 0.29) is 69.8 Å². The van der Waals surface area contributed by atoms with Gasteiger partial charge in [0.2, 0.25) is 0 Å². The van der Waals surface area contributed by atoms with Crippen molar-refractivity contribution in [1.29, 1.82) is 0 Å². The molecule has 0 amide bonds. The van der Waals surface area contributed by atoms with Crippen molar-refractivity contribution in [3.63, 3.8) is 0 Å². The SMILES string of the molecule is C1COCCOCCOCCOCCO1.CC(C)(C)OC(=O)CBr.CC(C)(C)OC(=O)CC(P(=O)(OCc1ccccc1)OCc1ccccc1)P(=O)(OCc1ccccc1)OCc1ccccc1.O=P(CP(=O)(OCc1ccccc1)OCc1ccccc1)(OCc1ccccc1)OCc1ccccc1. The molecule has 1 aliphatic heterocycles. The van der Waals surface area contributed by atoms with Gasteiger partial charge in [-0.15, -0.1) is 0 Å². The fourth-order valence-corrected chi connectivity index (χ4v) is 18.9. The Morgan fingerprint density at radius 3 is 0.660 bits per heavy atom. The van der Waals surface area contributed by atoms with E-state index in [4.69, 9.17) is 69.3 Å². The maximum absolute atomic E-state index is 15.0. The summed E-state index contributed by atoms with van der Waals surface area (Å²) in [7, 11) is -16.8. The van der Waals surface area contributed by atoms with Crippen molar-refractivity contribution in [3.05, 3.63) is 287 Å². The van der Waals surface area contributed by atoms with Crippen LogP contribution in [-0.4, -0.2) is 106 Å². The predicted octanol–water partition coefficient (Wildman–Crippen LogP) is 19.3. The van der Waals surface area contributed by atoms with Gasteiger partial charge in [0.1, 0.15) is 16.5 Å². The Balaban J connectivity index is 0.000000256. The smallest absolute Gasteiger partial charge is 0.347 e. The van der Waals surface area contributed by atoms with Gasteiger partial charge in [-0.05, 0) is 86.1 Å². The summed E-state index contributed by atoms with van der Waals surface area (Å²) in [6.45, 7) is 16.4. The van der Waals surface area contributed by atoms with Gasteiger partial charge in [-0.1, -0.05) is 259 Å². The van der Waals surface area contributed by atoms with Crippen molar-refractivity contribution in [2.24, 2.45) is 0 Å². The molecular weight excluding hydrogens is 1500 g/mol. The van der Waals surface area contributed by atoms with E-state index in [0.29, 0.717) is 88.3 Å². The Morgan fingerprint density at radius 1 is 0.311 bits per heavy atom. The minimum absolute atomic E-state index is 0.0320. The molecule has 0 aromatic heterocycles. The molecule has 21 nitrogen and oxygen atoms in total. The van der Waals surface area contributed by atoms with Crippen LogP contribution in [0.2, 0.25) is 0 Å². The van der Waals surface area contributed by atoms with Crippen molar-refractivity contribution in [3.8, 4) is 0 Å². The fourth-order valence-electron chi connectivity index (χ4n) is 9.21. The first-order valence-corrected chi connectivity index (χ1v) is 42.6. The predicted molar refractivity (Wildman–Crippen MR) is 413 cm³/mol. The summed E-state index contributed by atoms with van der Waals surface area (Å²) in [4.78, 5) is 23.9. The largest absolute Gasteiger partial charge is 0.460 e. The van der Waals surface area contributed by atoms with Gasteiger partial charge in [-0.2, -0.15) is 0 Å². The summed E-state index contributed by atoms with van der Waals surface area (Å²) in [5.41, 5.74) is 4.89. The highest BCUT2D eigenvalue weighted by Gasteiger charge is 2.53. The van der Waals surface area contributed by atoms with Crippen LogP contribution >= 0.6 is 46.3 Å². The number of rotatable bonds is 31. The first kappa shape index (κ1) is 88.5. The van der Waals surface area contributed by atoms with Crippen LogP contribution in [0.1, 0.15) is 92.5 Å². The lowest BCUT2D eigenvalue weighted by molar-refractivity contribution is -0.155. The summed E-state index contributed by atoms with van der Waals surface area (Å²) in [6.07, 6.45) is -0.598. The molecule has 1 saturated heterocycles. The lowest BCUT2D eigenvalue weighted by Crippen LogP contribution is -2.28. The van der Waals surface area contributed by atoms with Gasteiger partial charge in [0.15, 0.2) is 11.3 Å². The lowest BCUT2D eigenvalue weighted by atomic mass is 10.2. The second-order valence-electron chi connectivity index (χ2n) is 25.6. The van der Waals surface area contributed by atoms with E-state index >= 15 is 9.13 Å². The molecule has 0 atom stereocenters. The molecule has 0 radical (unpaired) electrons. The third kappa shape index (κ3) is 38.1. The quantitative estimate of drug-likeness (QED) is 0.0223. The molecular formula is C80H101BrO21P4. The second-order valence-corrected chi connectivity index (χ2v) is 35.6. The van der Waals surface area contributed by atoms with Crippen molar-refractivity contribution in [2.45, 2.75) is 117 Å². The fraction of sp³-hybridized carbons (Fsp3) is 0.375. The molecule has 0 bridgehead atoms. The number of carbonyl (C=O) groups is 2. The standard InChI is InChI=1S/C35H40O8P2.C29H30O6P2.C10H20O5.C6H11BrO2/c1-35(2,3)43-33(36)24-34(44(37,39-25-29-16-8-4-9-17-29)40-26-30-18-10-5-11-19-30)45(38,41-27-31-20-12-6-13-21-31)42-28-32-22-14-7-15-23-32;30-36(32-21-26-13-5-1-6-14-26,33-22-27-15-7-2-8-16-27)25-37(31,34-23-28-17-9-3-10-18-28)35-24-29-19-11-4-12-20-29;1-2-12-5-6-14-9-10-15-8-7-13-4-3-11-1;1-6(2,3)9-5(8)4-7/h4-23,34H,24-28H2,1-3H3;1-20H,21-25H2;1-10H2;4H2,1-3H3. The van der Waals surface area contributed by atoms with E-state index in [0.717, 1.165) is 22.3 Å². The van der Waals surface area contributed by atoms with Crippen molar-refractivity contribution in [1.82, 2.24) is 0 Å². The Labute approximate surface area is 633 Å². The molecule has 26 heteroatoms. The zero-order valence-corrected chi connectivity index (χ0v) is 66.4. The second kappa shape index (κ2) is 48.9. The third-order valence-corrected chi connectivity index (χ3v) is 25.1. The van der Waals surface area contributed by atoms with Crippen LogP contribution in [0.15, 0.2) is 243 Å². The normalized spacial score (nSPS) is 13.7. The van der Waals surface area contributed by atoms with Crippen LogP contribution in [-0.2, 0) is 150 Å². The number of alkyl halides is 1. The van der Waals surface area contributed by atoms with E-state index < -0.39 is 59.7 Å². The highest BCUT2D eigenvalue weighted by Crippen LogP contribution is 2.73. The molecule has 1 fully saturated rings. The molecule has 0 aliphatic carbocycles. The van der Waals surface area contributed by atoms with Crippen LogP contribution in [0.3, 0.4) is 0 Å². The van der Waals surface area contributed by atoms with E-state index in [9.17, 15) is 18.7 Å². The highest BCUT2D eigenvalue weighted by molar-refractivity contribution is 9.09. The van der Waals surface area contributed by atoms with Gasteiger partial charge < -0.3 is 69.3 Å². The van der Waals surface area contributed by atoms with E-state index in [1.807, 2.05) is 263 Å². The monoisotopic (exact) mass is 1600 g/mol. The number of benzene rings is 8. The minimum atomic E-state index is -4.46. The minimum Gasteiger partial charge on any atom is -0.460 e.